The van der Waals surface area contributed by atoms with Crippen LogP contribution in [0.2, 0.25) is 0 Å². The number of nitrogens with zero attached hydrogens (tertiary/aromatic N) is 2. The van der Waals surface area contributed by atoms with E-state index in [0.717, 1.165) is 25.0 Å². The summed E-state index contributed by atoms with van der Waals surface area (Å²) in [5.41, 5.74) is 1.07. The first kappa shape index (κ1) is 12.7. The summed E-state index contributed by atoms with van der Waals surface area (Å²) in [7, 11) is 0. The minimum absolute atomic E-state index is 0.371. The Labute approximate surface area is 118 Å². The number of rotatable bonds is 2. The Bertz CT molecular complexity index is 510. The Morgan fingerprint density at radius 2 is 2.26 bits per heavy atom. The fourth-order valence-corrected chi connectivity index (χ4v) is 4.44. The number of thioether (sulfide) groups is 1. The zero-order chi connectivity index (χ0) is 13.4. The highest BCUT2D eigenvalue weighted by molar-refractivity contribution is 7.99. The second-order valence-electron chi connectivity index (χ2n) is 4.50. The third-order valence-electron chi connectivity index (χ3n) is 3.24. The van der Waals surface area contributed by atoms with Gasteiger partial charge in [-0.25, -0.2) is 14.6 Å². The van der Waals surface area contributed by atoms with Crippen molar-refractivity contribution in [3.8, 4) is 0 Å². The molecule has 0 bridgehead atoms. The Morgan fingerprint density at radius 3 is 3.00 bits per heavy atom. The van der Waals surface area contributed by atoms with Gasteiger partial charge in [-0.2, -0.15) is 0 Å². The molecule has 102 valence electrons. The third kappa shape index (κ3) is 2.42. The van der Waals surface area contributed by atoms with Crippen molar-refractivity contribution in [1.82, 2.24) is 9.88 Å². The van der Waals surface area contributed by atoms with Gasteiger partial charge in [0.05, 0.1) is 11.6 Å². The van der Waals surface area contributed by atoms with Crippen molar-refractivity contribution in [2.24, 2.45) is 0 Å². The Hall–Kier alpha value is -1.28. The maximum atomic E-state index is 12.1. The lowest BCUT2D eigenvalue weighted by atomic mass is 10.3. The lowest BCUT2D eigenvalue weighted by Crippen LogP contribution is -2.43. The van der Waals surface area contributed by atoms with Gasteiger partial charge in [0.2, 0.25) is 0 Å². The Morgan fingerprint density at radius 1 is 1.42 bits per heavy atom. The molecule has 1 aromatic heterocycles. The number of nitrogens with one attached hydrogen (secondary N) is 1. The fourth-order valence-electron chi connectivity index (χ4n) is 2.25. The number of urea groups is 1. The van der Waals surface area contributed by atoms with Gasteiger partial charge in [0, 0.05) is 10.6 Å². The number of aliphatic carboxylic acids is 1. The van der Waals surface area contributed by atoms with E-state index in [-0.39, 0.29) is 6.03 Å². The van der Waals surface area contributed by atoms with Crippen LogP contribution >= 0.6 is 23.1 Å². The van der Waals surface area contributed by atoms with Crippen LogP contribution in [0.4, 0.5) is 9.93 Å². The molecule has 2 aliphatic rings. The van der Waals surface area contributed by atoms with Gasteiger partial charge in [0.25, 0.3) is 0 Å². The molecule has 3 rings (SSSR count). The molecule has 1 unspecified atom stereocenters. The smallest absolute Gasteiger partial charge is 0.327 e. The molecule has 19 heavy (non-hydrogen) atoms. The molecule has 6 nitrogen and oxygen atoms in total. The van der Waals surface area contributed by atoms with Crippen LogP contribution in [0.1, 0.15) is 17.0 Å². The molecule has 0 aromatic carbocycles. The molecule has 1 aromatic rings. The standard InChI is InChI=1S/C11H13N3O3S2/c15-9(16)7-4-18-5-14(7)11(17)13-10-12-6-2-1-3-8(6)19-10/h7H,1-5H2,(H,15,16)(H,12,13,17). The number of thiazole rings is 1. The molecule has 0 radical (unpaired) electrons. The van der Waals surface area contributed by atoms with Crippen LogP contribution < -0.4 is 5.32 Å². The average molecular weight is 299 g/mol. The number of aromatic nitrogens is 1. The molecule has 1 saturated heterocycles. The van der Waals surface area contributed by atoms with Crippen molar-refractivity contribution in [3.63, 3.8) is 0 Å². The molecule has 0 spiro atoms. The summed E-state index contributed by atoms with van der Waals surface area (Å²) < 4.78 is 0. The minimum atomic E-state index is -0.957. The number of hydrogen-bond donors (Lipinski definition) is 2. The molecule has 1 atom stereocenters. The van der Waals surface area contributed by atoms with Crippen LogP contribution in [0, 0.1) is 0 Å². The Balaban J connectivity index is 1.68. The van der Waals surface area contributed by atoms with Gasteiger partial charge in [-0.05, 0) is 19.3 Å². The summed E-state index contributed by atoms with van der Waals surface area (Å²) in [6, 6.07) is -1.11. The maximum Gasteiger partial charge on any atom is 0.327 e. The highest BCUT2D eigenvalue weighted by Gasteiger charge is 2.35. The molecule has 0 saturated carbocycles. The third-order valence-corrected chi connectivity index (χ3v) is 5.32. The second kappa shape index (κ2) is 5.01. The number of carbonyl (C=O) groups is 2. The van der Waals surface area contributed by atoms with Crippen molar-refractivity contribution in [2.75, 3.05) is 16.9 Å². The highest BCUT2D eigenvalue weighted by atomic mass is 32.2. The van der Waals surface area contributed by atoms with E-state index in [1.165, 1.54) is 32.9 Å². The summed E-state index contributed by atoms with van der Waals surface area (Å²) in [4.78, 5) is 30.1. The summed E-state index contributed by atoms with van der Waals surface area (Å²) >= 11 is 2.94. The SMILES string of the molecule is O=C(O)C1CSCN1C(=O)Nc1nc2c(s1)CCC2. The number of carbonyl (C=O) groups excluding carboxylic acids is 1. The predicted octanol–water partition coefficient (Wildman–Crippen LogP) is 1.62. The van der Waals surface area contributed by atoms with E-state index in [4.69, 9.17) is 5.11 Å². The van der Waals surface area contributed by atoms with Crippen molar-refractivity contribution in [3.05, 3.63) is 10.6 Å². The largest absolute Gasteiger partial charge is 0.480 e. The zero-order valence-electron chi connectivity index (χ0n) is 10.1. The van der Waals surface area contributed by atoms with Gasteiger partial charge in [0.1, 0.15) is 6.04 Å². The van der Waals surface area contributed by atoms with Crippen LogP contribution in [0.5, 0.6) is 0 Å². The number of carboxylic acids is 1. The monoisotopic (exact) mass is 299 g/mol. The van der Waals surface area contributed by atoms with Gasteiger partial charge < -0.3 is 10.0 Å². The lowest BCUT2D eigenvalue weighted by Gasteiger charge is -2.19. The van der Waals surface area contributed by atoms with Crippen LogP contribution in [-0.2, 0) is 17.6 Å². The number of anilines is 1. The van der Waals surface area contributed by atoms with Gasteiger partial charge in [-0.1, -0.05) is 0 Å². The molecule has 1 fully saturated rings. The van der Waals surface area contributed by atoms with Gasteiger partial charge >= 0.3 is 12.0 Å². The van der Waals surface area contributed by atoms with Crippen molar-refractivity contribution < 1.29 is 14.7 Å². The zero-order valence-corrected chi connectivity index (χ0v) is 11.7. The number of carboxylic acid groups (broad SMARTS) is 1. The van der Waals surface area contributed by atoms with Gasteiger partial charge in [-0.3, -0.25) is 5.32 Å². The van der Waals surface area contributed by atoms with Gasteiger partial charge in [0.15, 0.2) is 5.13 Å². The van der Waals surface area contributed by atoms with E-state index in [0.29, 0.717) is 16.8 Å². The minimum Gasteiger partial charge on any atom is -0.480 e. The summed E-state index contributed by atoms with van der Waals surface area (Å²) in [5.74, 6) is -0.104. The Kier molecular flexibility index (Phi) is 3.36. The number of fused-ring (bicyclic) bond motifs is 1. The van der Waals surface area contributed by atoms with Crippen LogP contribution in [0.15, 0.2) is 0 Å². The van der Waals surface area contributed by atoms with E-state index in [2.05, 4.69) is 10.3 Å². The van der Waals surface area contributed by atoms with Crippen LogP contribution in [-0.4, -0.2) is 44.7 Å². The summed E-state index contributed by atoms with van der Waals surface area (Å²) in [5, 5.41) is 12.3. The number of amides is 2. The number of hydrogen-bond acceptors (Lipinski definition) is 5. The quantitative estimate of drug-likeness (QED) is 0.867. The molecular formula is C11H13N3O3S2. The topological polar surface area (TPSA) is 82.5 Å². The first-order valence-corrected chi connectivity index (χ1v) is 7.99. The van der Waals surface area contributed by atoms with Crippen LogP contribution in [0.3, 0.4) is 0 Å². The van der Waals surface area contributed by atoms with Crippen molar-refractivity contribution >= 4 is 40.2 Å². The normalized spacial score (nSPS) is 21.5. The average Bonchev–Trinajstić information content (AvgIpc) is 3.01. The van der Waals surface area contributed by atoms with E-state index >= 15 is 0 Å². The molecule has 2 heterocycles. The molecular weight excluding hydrogens is 286 g/mol. The molecule has 2 N–H and O–H groups in total. The second-order valence-corrected chi connectivity index (χ2v) is 6.58. The molecule has 1 aliphatic carbocycles. The number of aryl methyl sites for hydroxylation is 2. The lowest BCUT2D eigenvalue weighted by molar-refractivity contribution is -0.140. The summed E-state index contributed by atoms with van der Waals surface area (Å²) in [6.07, 6.45) is 3.13. The van der Waals surface area contributed by atoms with E-state index in [1.807, 2.05) is 0 Å². The first-order chi connectivity index (χ1) is 9.15. The van der Waals surface area contributed by atoms with E-state index in [9.17, 15) is 9.59 Å². The maximum absolute atomic E-state index is 12.1. The highest BCUT2D eigenvalue weighted by Crippen LogP contribution is 2.31. The molecule has 8 heteroatoms. The predicted molar refractivity (Wildman–Crippen MR) is 73.7 cm³/mol. The fraction of sp³-hybridized carbons (Fsp3) is 0.545. The van der Waals surface area contributed by atoms with Crippen LogP contribution in [0.25, 0.3) is 0 Å². The first-order valence-electron chi connectivity index (χ1n) is 6.02. The van der Waals surface area contributed by atoms with Crippen molar-refractivity contribution in [1.29, 1.82) is 0 Å². The van der Waals surface area contributed by atoms with E-state index < -0.39 is 12.0 Å². The van der Waals surface area contributed by atoms with Gasteiger partial charge in [-0.15, -0.1) is 23.1 Å². The van der Waals surface area contributed by atoms with Crippen molar-refractivity contribution in [2.45, 2.75) is 25.3 Å². The summed E-state index contributed by atoms with van der Waals surface area (Å²) in [6.45, 7) is 0. The molecule has 2 amide bonds. The van der Waals surface area contributed by atoms with E-state index in [1.54, 1.807) is 0 Å². The molecule has 1 aliphatic heterocycles.